The van der Waals surface area contributed by atoms with Crippen molar-refractivity contribution in [3.8, 4) is 0 Å². The van der Waals surface area contributed by atoms with Crippen LogP contribution in [0.2, 0.25) is 0 Å². The van der Waals surface area contributed by atoms with Crippen LogP contribution >= 0.6 is 7.82 Å². The van der Waals surface area contributed by atoms with Crippen molar-refractivity contribution in [3.05, 3.63) is 170 Å². The van der Waals surface area contributed by atoms with Crippen LogP contribution in [-0.2, 0) is 32.7 Å². The lowest BCUT2D eigenvalue weighted by atomic mass is 10.0. The minimum Gasteiger partial charge on any atom is -0.756 e. The van der Waals surface area contributed by atoms with E-state index in [-0.39, 0.29) is 26.1 Å². The Bertz CT molecular complexity index is 2130. The Morgan fingerprint density at radius 3 is 0.889 bits per heavy atom. The summed E-state index contributed by atoms with van der Waals surface area (Å²) < 4.78 is 34.3. The molecule has 0 N–H and O–H groups in total. The van der Waals surface area contributed by atoms with Crippen LogP contribution in [0.25, 0.3) is 0 Å². The van der Waals surface area contributed by atoms with Gasteiger partial charge in [-0.15, -0.1) is 0 Å². The predicted molar refractivity (Wildman–Crippen MR) is 387 cm³/mol. The Kier molecular flexibility index (Phi) is 65.2. The second kappa shape index (κ2) is 68.7. The zero-order valence-electron chi connectivity index (χ0n) is 58.0. The Morgan fingerprint density at radius 2 is 0.600 bits per heavy atom. The number of allylic oxidation sites excluding steroid dienone is 28. The fourth-order valence-electron chi connectivity index (χ4n) is 9.32. The van der Waals surface area contributed by atoms with Gasteiger partial charge in [0, 0.05) is 12.8 Å². The summed E-state index contributed by atoms with van der Waals surface area (Å²) in [6.07, 6.45) is 104. The molecule has 0 aromatic rings. The van der Waals surface area contributed by atoms with Crippen molar-refractivity contribution in [2.75, 3.05) is 47.5 Å². The molecule has 9 nitrogen and oxygen atoms in total. The third-order valence-corrected chi connectivity index (χ3v) is 15.7. The van der Waals surface area contributed by atoms with Gasteiger partial charge in [-0.2, -0.15) is 0 Å². The van der Waals surface area contributed by atoms with Gasteiger partial charge in [-0.3, -0.25) is 14.2 Å². The zero-order chi connectivity index (χ0) is 65.5. The lowest BCUT2D eigenvalue weighted by Gasteiger charge is -2.28. The maximum atomic E-state index is 12.9. The number of esters is 2. The van der Waals surface area contributed by atoms with Crippen molar-refractivity contribution in [1.29, 1.82) is 0 Å². The Balaban J connectivity index is 4.09. The molecule has 0 heterocycles. The Labute approximate surface area is 553 Å². The molecule has 510 valence electrons. The van der Waals surface area contributed by atoms with E-state index in [0.717, 1.165) is 135 Å². The minimum absolute atomic E-state index is 0.0401. The van der Waals surface area contributed by atoms with Crippen molar-refractivity contribution in [2.24, 2.45) is 0 Å². The van der Waals surface area contributed by atoms with Gasteiger partial charge in [0.05, 0.1) is 27.7 Å². The molecule has 0 aliphatic rings. The van der Waals surface area contributed by atoms with Crippen molar-refractivity contribution >= 4 is 19.8 Å². The van der Waals surface area contributed by atoms with Crippen LogP contribution < -0.4 is 4.89 Å². The summed E-state index contributed by atoms with van der Waals surface area (Å²) in [5.41, 5.74) is 0. The van der Waals surface area contributed by atoms with Crippen molar-refractivity contribution in [2.45, 2.75) is 277 Å². The number of carbonyl (C=O) groups excluding carboxylic acids is 2. The van der Waals surface area contributed by atoms with Gasteiger partial charge in [0.15, 0.2) is 6.10 Å². The molecule has 2 atom stereocenters. The molecule has 0 spiro atoms. The Hall–Kier alpha value is -4.63. The van der Waals surface area contributed by atoms with Crippen molar-refractivity contribution in [1.82, 2.24) is 0 Å². The van der Waals surface area contributed by atoms with Gasteiger partial charge in [0.2, 0.25) is 0 Å². The van der Waals surface area contributed by atoms with E-state index in [2.05, 4.69) is 184 Å². The number of unbranched alkanes of at least 4 members (excludes halogenated alkanes) is 22. The second-order valence-corrected chi connectivity index (χ2v) is 25.9. The quantitative estimate of drug-likeness (QED) is 0.0195. The summed E-state index contributed by atoms with van der Waals surface area (Å²) in [6.45, 7) is 4.00. The predicted octanol–water partition coefficient (Wildman–Crippen LogP) is 23.1. The molecule has 0 bridgehead atoms. The standard InChI is InChI=1S/C80H132NO8P/c1-6-8-10-12-14-16-18-20-22-24-26-28-30-32-34-35-36-37-38-39-40-41-42-43-44-45-47-49-51-53-55-57-59-61-63-65-67-69-71-73-80(83)89-78(77-88-90(84,85)87-75-74-81(3,4)5)76-86-79(82)72-70-68-66-64-62-60-58-56-54-52-50-48-46-33-31-29-27-25-23-21-19-17-15-13-11-9-7-2/h8-11,14-17,20-23,26-29,32-34,36-37,39-40,42-43,46,50,52,78H,6-7,12-13,18-19,24-25,30-31,35,38,41,44-45,47-49,51,53-77H2,1-5H3/b10-8-,11-9-,16-14-,17-15-,22-20-,23-21-,28-26-,29-27-,34-32-,37-36-,40-39-,43-42-,46-33-,52-50-. The highest BCUT2D eigenvalue weighted by Gasteiger charge is 2.22. The van der Waals surface area contributed by atoms with Crippen LogP contribution in [-0.4, -0.2) is 70.0 Å². The molecule has 0 aliphatic heterocycles. The number of quaternary nitrogens is 1. The Morgan fingerprint density at radius 1 is 0.344 bits per heavy atom. The van der Waals surface area contributed by atoms with Crippen molar-refractivity contribution < 1.29 is 42.1 Å². The number of carbonyl (C=O) groups is 2. The van der Waals surface area contributed by atoms with E-state index < -0.39 is 32.5 Å². The largest absolute Gasteiger partial charge is 0.756 e. The highest BCUT2D eigenvalue weighted by atomic mass is 31.2. The number of likely N-dealkylation sites (N-methyl/N-ethyl adjacent to an activating group) is 1. The lowest BCUT2D eigenvalue weighted by molar-refractivity contribution is -0.870. The summed E-state index contributed by atoms with van der Waals surface area (Å²) in [4.78, 5) is 38.1. The van der Waals surface area contributed by atoms with Gasteiger partial charge in [-0.05, 0) is 128 Å². The van der Waals surface area contributed by atoms with Crippen LogP contribution in [0, 0.1) is 0 Å². The summed E-state index contributed by atoms with van der Waals surface area (Å²) in [6, 6.07) is 0. The SMILES string of the molecule is CC/C=C\C/C=C\C/C=C\C/C=C\C/C=C\C/C=C\C/C=C\C/C=C\CCCCCCCCCCCCCCCCC(=O)OC(COC(=O)CCCCCCCCCC/C=C\C/C=C\C/C=C\C/C=C\C/C=C\C/C=C\CC)COP(=O)([O-])OCC[N+](C)(C)C. The first-order valence-corrected chi connectivity index (χ1v) is 37.3. The number of phosphoric acid groups is 1. The smallest absolute Gasteiger partial charge is 0.306 e. The van der Waals surface area contributed by atoms with Crippen molar-refractivity contribution in [3.63, 3.8) is 0 Å². The molecule has 0 radical (unpaired) electrons. The number of phosphoric ester groups is 1. The molecule has 0 rings (SSSR count). The minimum atomic E-state index is -4.66. The first-order chi connectivity index (χ1) is 44.0. The first kappa shape index (κ1) is 85.4. The molecule has 10 heteroatoms. The van der Waals surface area contributed by atoms with E-state index in [0.29, 0.717) is 23.9 Å². The number of hydrogen-bond acceptors (Lipinski definition) is 8. The maximum absolute atomic E-state index is 12.9. The third-order valence-electron chi connectivity index (χ3n) is 14.7. The van der Waals surface area contributed by atoms with Gasteiger partial charge >= 0.3 is 11.9 Å². The molecular formula is C80H132NO8P. The molecule has 0 saturated heterocycles. The van der Waals surface area contributed by atoms with Gasteiger partial charge in [0.25, 0.3) is 7.82 Å². The van der Waals surface area contributed by atoms with Crippen LogP contribution in [0.4, 0.5) is 0 Å². The first-order valence-electron chi connectivity index (χ1n) is 35.8. The van der Waals surface area contributed by atoms with Gasteiger partial charge in [-0.1, -0.05) is 300 Å². The fraction of sp³-hybridized carbons (Fsp3) is 0.625. The number of hydrogen-bond donors (Lipinski definition) is 0. The van der Waals surface area contributed by atoms with Gasteiger partial charge in [0.1, 0.15) is 19.8 Å². The second-order valence-electron chi connectivity index (χ2n) is 24.5. The number of ether oxygens (including phenoxy) is 2. The zero-order valence-corrected chi connectivity index (χ0v) is 58.9. The summed E-state index contributed by atoms with van der Waals surface area (Å²) in [5, 5.41) is 0. The van der Waals surface area contributed by atoms with E-state index >= 15 is 0 Å². The lowest BCUT2D eigenvalue weighted by Crippen LogP contribution is -2.37. The molecule has 2 unspecified atom stereocenters. The van der Waals surface area contributed by atoms with Gasteiger partial charge in [-0.25, -0.2) is 0 Å². The fourth-order valence-corrected chi connectivity index (χ4v) is 10.1. The van der Waals surface area contributed by atoms with Crippen LogP contribution in [0.15, 0.2) is 170 Å². The normalized spacial score (nSPS) is 14.2. The molecule has 90 heavy (non-hydrogen) atoms. The topological polar surface area (TPSA) is 111 Å². The van der Waals surface area contributed by atoms with E-state index in [1.165, 1.54) is 96.3 Å². The molecule has 0 aromatic heterocycles. The molecule has 0 saturated carbocycles. The number of nitrogens with zero attached hydrogens (tertiary/aromatic N) is 1. The highest BCUT2D eigenvalue weighted by molar-refractivity contribution is 7.45. The molecule has 0 fully saturated rings. The molecular weight excluding hydrogens is 1130 g/mol. The van der Waals surface area contributed by atoms with E-state index in [1.54, 1.807) is 0 Å². The van der Waals surface area contributed by atoms with Gasteiger partial charge < -0.3 is 27.9 Å². The number of rotatable bonds is 64. The van der Waals surface area contributed by atoms with Crippen LogP contribution in [0.3, 0.4) is 0 Å². The van der Waals surface area contributed by atoms with Crippen LogP contribution in [0.1, 0.15) is 271 Å². The average Bonchev–Trinajstić information content (AvgIpc) is 3.58. The molecule has 0 amide bonds. The maximum Gasteiger partial charge on any atom is 0.306 e. The highest BCUT2D eigenvalue weighted by Crippen LogP contribution is 2.38. The van der Waals surface area contributed by atoms with Crippen LogP contribution in [0.5, 0.6) is 0 Å². The van der Waals surface area contributed by atoms with E-state index in [1.807, 2.05) is 21.1 Å². The third kappa shape index (κ3) is 72.4. The summed E-state index contributed by atoms with van der Waals surface area (Å²) >= 11 is 0. The monoisotopic (exact) mass is 1270 g/mol. The molecule has 0 aliphatic carbocycles. The van der Waals surface area contributed by atoms with E-state index in [4.69, 9.17) is 18.5 Å². The average molecular weight is 1270 g/mol. The summed E-state index contributed by atoms with van der Waals surface area (Å²) in [7, 11) is 1.14. The molecule has 0 aromatic carbocycles. The summed E-state index contributed by atoms with van der Waals surface area (Å²) in [5.74, 6) is -0.849. The van der Waals surface area contributed by atoms with E-state index in [9.17, 15) is 19.0 Å².